The molecule has 0 spiro atoms. The molecule has 0 aliphatic heterocycles. The highest BCUT2D eigenvalue weighted by molar-refractivity contribution is 5.85. The van der Waals surface area contributed by atoms with Crippen LogP contribution in [0.1, 0.15) is 18.9 Å². The minimum Gasteiger partial charge on any atom is -0.493 e. The summed E-state index contributed by atoms with van der Waals surface area (Å²) in [4.78, 5) is 10.6. The van der Waals surface area contributed by atoms with E-state index in [1.54, 1.807) is 25.1 Å². The van der Waals surface area contributed by atoms with Gasteiger partial charge in [-0.2, -0.15) is 5.26 Å². The van der Waals surface area contributed by atoms with Gasteiger partial charge in [0.15, 0.2) is 0 Å². The molecule has 4 nitrogen and oxygen atoms in total. The summed E-state index contributed by atoms with van der Waals surface area (Å²) < 4.78 is 5.58. The van der Waals surface area contributed by atoms with Crippen molar-refractivity contribution >= 4 is 5.97 Å². The van der Waals surface area contributed by atoms with Gasteiger partial charge in [-0.05, 0) is 42.3 Å². The van der Waals surface area contributed by atoms with Gasteiger partial charge in [-0.3, -0.25) is 0 Å². The highest BCUT2D eigenvalue weighted by atomic mass is 16.5. The zero-order chi connectivity index (χ0) is 16.7. The molecule has 23 heavy (non-hydrogen) atoms. The summed E-state index contributed by atoms with van der Waals surface area (Å²) in [7, 11) is 0. The van der Waals surface area contributed by atoms with Crippen molar-refractivity contribution in [3.63, 3.8) is 0 Å². The number of ether oxygens (including phenoxy) is 1. The number of carboxylic acid groups (broad SMARTS) is 1. The van der Waals surface area contributed by atoms with Gasteiger partial charge >= 0.3 is 5.97 Å². The van der Waals surface area contributed by atoms with Crippen molar-refractivity contribution in [3.8, 4) is 22.9 Å². The molecular weight excluding hydrogens is 290 g/mol. The van der Waals surface area contributed by atoms with Crippen molar-refractivity contribution in [2.45, 2.75) is 13.3 Å². The van der Waals surface area contributed by atoms with E-state index in [2.05, 4.69) is 6.07 Å². The first kappa shape index (κ1) is 16.3. The first-order chi connectivity index (χ1) is 11.1. The number of aliphatic carboxylic acids is 1. The molecule has 4 heteroatoms. The molecule has 0 radical (unpaired) electrons. The fraction of sp³-hybridized carbons (Fsp3) is 0.158. The lowest BCUT2D eigenvalue weighted by atomic mass is 10.0. The molecule has 0 unspecified atom stereocenters. The predicted molar refractivity (Wildman–Crippen MR) is 88.1 cm³/mol. The van der Waals surface area contributed by atoms with Crippen LogP contribution in [0.25, 0.3) is 11.1 Å². The molecule has 0 atom stereocenters. The second-order valence-electron chi connectivity index (χ2n) is 5.04. The standard InChI is InChI=1S/C19H17NO3/c1-14(19(21)22)3-2-12-23-18-10-8-17(9-11-18)16-6-4-15(13-20)5-7-16/h3-11H,2,12H2,1H3,(H,21,22). The first-order valence-electron chi connectivity index (χ1n) is 7.23. The maximum atomic E-state index is 10.6. The molecule has 0 saturated carbocycles. The van der Waals surface area contributed by atoms with Gasteiger partial charge in [0.25, 0.3) is 0 Å². The van der Waals surface area contributed by atoms with Crippen LogP contribution in [-0.2, 0) is 4.79 Å². The molecule has 0 aromatic heterocycles. The summed E-state index contributed by atoms with van der Waals surface area (Å²) in [5.41, 5.74) is 3.04. The summed E-state index contributed by atoms with van der Waals surface area (Å²) in [6, 6.07) is 17.2. The average Bonchev–Trinajstić information content (AvgIpc) is 2.59. The van der Waals surface area contributed by atoms with Gasteiger partial charge in [0, 0.05) is 12.0 Å². The van der Waals surface area contributed by atoms with Gasteiger partial charge in [-0.25, -0.2) is 4.79 Å². The third-order valence-corrected chi connectivity index (χ3v) is 3.38. The second-order valence-corrected chi connectivity index (χ2v) is 5.04. The van der Waals surface area contributed by atoms with Gasteiger partial charge in [0.1, 0.15) is 5.75 Å². The number of hydrogen-bond donors (Lipinski definition) is 1. The minimum absolute atomic E-state index is 0.324. The lowest BCUT2D eigenvalue weighted by Gasteiger charge is -2.06. The lowest BCUT2D eigenvalue weighted by Crippen LogP contribution is -1.99. The van der Waals surface area contributed by atoms with Crippen molar-refractivity contribution in [1.29, 1.82) is 5.26 Å². The van der Waals surface area contributed by atoms with E-state index in [9.17, 15) is 4.79 Å². The fourth-order valence-corrected chi connectivity index (χ4v) is 2.02. The number of nitrogens with zero attached hydrogens (tertiary/aromatic N) is 1. The molecule has 0 amide bonds. The van der Waals surface area contributed by atoms with Crippen LogP contribution < -0.4 is 4.74 Å². The Hall–Kier alpha value is -3.06. The molecule has 0 fully saturated rings. The van der Waals surface area contributed by atoms with Crippen LogP contribution in [0.5, 0.6) is 5.75 Å². The first-order valence-corrected chi connectivity index (χ1v) is 7.23. The maximum Gasteiger partial charge on any atom is 0.330 e. The van der Waals surface area contributed by atoms with Gasteiger partial charge in [-0.1, -0.05) is 30.3 Å². The largest absolute Gasteiger partial charge is 0.493 e. The smallest absolute Gasteiger partial charge is 0.330 e. The van der Waals surface area contributed by atoms with E-state index < -0.39 is 5.97 Å². The second kappa shape index (κ2) is 7.81. The maximum absolute atomic E-state index is 10.6. The van der Waals surface area contributed by atoms with Crippen LogP contribution in [0.3, 0.4) is 0 Å². The SMILES string of the molecule is CC(=CCCOc1ccc(-c2ccc(C#N)cc2)cc1)C(=O)O. The molecule has 2 rings (SSSR count). The van der Waals surface area contributed by atoms with Crippen molar-refractivity contribution in [2.24, 2.45) is 0 Å². The third-order valence-electron chi connectivity index (χ3n) is 3.38. The number of nitriles is 1. The highest BCUT2D eigenvalue weighted by Crippen LogP contribution is 2.22. The van der Waals surface area contributed by atoms with Crippen LogP contribution in [0.4, 0.5) is 0 Å². The predicted octanol–water partition coefficient (Wildman–Crippen LogP) is 4.03. The lowest BCUT2D eigenvalue weighted by molar-refractivity contribution is -0.132. The van der Waals surface area contributed by atoms with Crippen LogP contribution in [-0.4, -0.2) is 17.7 Å². The Bertz CT molecular complexity index is 738. The van der Waals surface area contributed by atoms with Crippen molar-refractivity contribution in [3.05, 3.63) is 65.7 Å². The van der Waals surface area contributed by atoms with Gasteiger partial charge in [0.05, 0.1) is 18.2 Å². The Labute approximate surface area is 135 Å². The van der Waals surface area contributed by atoms with E-state index >= 15 is 0 Å². The highest BCUT2D eigenvalue weighted by Gasteiger charge is 2.00. The zero-order valence-electron chi connectivity index (χ0n) is 12.8. The summed E-state index contributed by atoms with van der Waals surface area (Å²) >= 11 is 0. The quantitative estimate of drug-likeness (QED) is 0.646. The molecule has 0 aliphatic rings. The molecule has 0 aliphatic carbocycles. The van der Waals surface area contributed by atoms with Crippen molar-refractivity contribution in [2.75, 3.05) is 6.61 Å². The van der Waals surface area contributed by atoms with Crippen LogP contribution in [0, 0.1) is 11.3 Å². The van der Waals surface area contributed by atoms with E-state index in [1.165, 1.54) is 0 Å². The number of benzene rings is 2. The Morgan fingerprint density at radius 1 is 1.13 bits per heavy atom. The van der Waals surface area contributed by atoms with Crippen molar-refractivity contribution in [1.82, 2.24) is 0 Å². The molecular formula is C19H17NO3. The molecule has 116 valence electrons. The van der Waals surface area contributed by atoms with Gasteiger partial charge in [-0.15, -0.1) is 0 Å². The van der Waals surface area contributed by atoms with Gasteiger partial charge < -0.3 is 9.84 Å². The molecule has 0 heterocycles. The number of carbonyl (C=O) groups is 1. The summed E-state index contributed by atoms with van der Waals surface area (Å²) in [6.07, 6.45) is 2.20. The van der Waals surface area contributed by atoms with E-state index in [1.807, 2.05) is 36.4 Å². The Kier molecular flexibility index (Phi) is 5.54. The Balaban J connectivity index is 1.93. The summed E-state index contributed by atoms with van der Waals surface area (Å²) in [5, 5.41) is 17.5. The van der Waals surface area contributed by atoms with E-state index in [0.29, 0.717) is 24.2 Å². The summed E-state index contributed by atoms with van der Waals surface area (Å²) in [6.45, 7) is 2.00. The molecule has 2 aromatic rings. The monoisotopic (exact) mass is 307 g/mol. The Morgan fingerprint density at radius 3 is 2.22 bits per heavy atom. The summed E-state index contributed by atoms with van der Waals surface area (Å²) in [5.74, 6) is -0.166. The third kappa shape index (κ3) is 4.72. The van der Waals surface area contributed by atoms with Crippen LogP contribution >= 0.6 is 0 Å². The van der Waals surface area contributed by atoms with E-state index in [-0.39, 0.29) is 0 Å². The van der Waals surface area contributed by atoms with Gasteiger partial charge in [0.2, 0.25) is 0 Å². The van der Waals surface area contributed by atoms with E-state index in [0.717, 1.165) is 16.9 Å². The number of hydrogen-bond acceptors (Lipinski definition) is 3. The minimum atomic E-state index is -0.906. The molecule has 1 N–H and O–H groups in total. The fourth-order valence-electron chi connectivity index (χ4n) is 2.02. The topological polar surface area (TPSA) is 70.3 Å². The van der Waals surface area contributed by atoms with Crippen LogP contribution in [0.15, 0.2) is 60.2 Å². The zero-order valence-corrected chi connectivity index (χ0v) is 12.8. The molecule has 0 saturated heterocycles. The van der Waals surface area contributed by atoms with E-state index in [4.69, 9.17) is 15.1 Å². The van der Waals surface area contributed by atoms with Crippen LogP contribution in [0.2, 0.25) is 0 Å². The normalized spacial score (nSPS) is 10.9. The molecule has 0 bridgehead atoms. The average molecular weight is 307 g/mol. The number of rotatable bonds is 6. The molecule has 2 aromatic carbocycles. The van der Waals surface area contributed by atoms with Crippen molar-refractivity contribution < 1.29 is 14.6 Å². The number of carboxylic acids is 1. The Morgan fingerprint density at radius 2 is 1.70 bits per heavy atom.